The van der Waals surface area contributed by atoms with Crippen LogP contribution in [0.15, 0.2) is 167 Å². The van der Waals surface area contributed by atoms with Crippen molar-refractivity contribution in [2.45, 2.75) is 27.7 Å². The van der Waals surface area contributed by atoms with Crippen molar-refractivity contribution in [2.75, 3.05) is 27.8 Å². The van der Waals surface area contributed by atoms with Crippen molar-refractivity contribution in [3.05, 3.63) is 167 Å². The van der Waals surface area contributed by atoms with Gasteiger partial charge in [0.1, 0.15) is 11.5 Å². The van der Waals surface area contributed by atoms with Crippen molar-refractivity contribution in [1.82, 2.24) is 0 Å². The van der Waals surface area contributed by atoms with E-state index in [9.17, 15) is 0 Å². The topological polar surface area (TPSA) is 36.9 Å². The third-order valence-electron chi connectivity index (χ3n) is 8.13. The lowest BCUT2D eigenvalue weighted by molar-refractivity contribution is 0.0505. The fourth-order valence-electron chi connectivity index (χ4n) is 5.87. The van der Waals surface area contributed by atoms with Crippen LogP contribution in [0, 0.1) is 0 Å². The van der Waals surface area contributed by atoms with E-state index in [0.717, 1.165) is 21.5 Å². The van der Waals surface area contributed by atoms with Gasteiger partial charge in [0, 0.05) is 29.8 Å². The van der Waals surface area contributed by atoms with Crippen molar-refractivity contribution < 1.29 is 18.9 Å². The SMILES string of the molecule is Brc1c2ccccc2cc2ccccc12.CC.CC.COCOc1ccccc1-c1c2ccccc2cc2ccccc12.COCOc1ccccc1Br. The molecule has 0 atom stereocenters. The number of ether oxygens (including phenoxy) is 4. The van der Waals surface area contributed by atoms with Gasteiger partial charge in [0.05, 0.1) is 4.47 Å². The average Bonchev–Trinajstić information content (AvgIpc) is 3.24. The van der Waals surface area contributed by atoms with Crippen LogP contribution in [-0.4, -0.2) is 27.8 Å². The first-order valence-corrected chi connectivity index (χ1v) is 19.7. The third-order valence-corrected chi connectivity index (χ3v) is 9.64. The largest absolute Gasteiger partial charge is 0.467 e. The van der Waals surface area contributed by atoms with Gasteiger partial charge in [-0.3, -0.25) is 0 Å². The minimum absolute atomic E-state index is 0.236. The van der Waals surface area contributed by atoms with Gasteiger partial charge in [-0.25, -0.2) is 0 Å². The molecule has 0 unspecified atom stereocenters. The first kappa shape index (κ1) is 42.0. The molecule has 0 saturated carbocycles. The first-order valence-electron chi connectivity index (χ1n) is 18.1. The van der Waals surface area contributed by atoms with Gasteiger partial charge in [0.2, 0.25) is 0 Å². The van der Waals surface area contributed by atoms with Crippen molar-refractivity contribution in [1.29, 1.82) is 0 Å². The molecule has 54 heavy (non-hydrogen) atoms. The Morgan fingerprint density at radius 2 is 0.759 bits per heavy atom. The van der Waals surface area contributed by atoms with E-state index in [1.165, 1.54) is 53.1 Å². The van der Waals surface area contributed by atoms with Crippen molar-refractivity contribution in [2.24, 2.45) is 0 Å². The summed E-state index contributed by atoms with van der Waals surface area (Å²) < 4.78 is 23.0. The molecule has 0 saturated heterocycles. The normalized spacial score (nSPS) is 10.1. The molecule has 0 bridgehead atoms. The number of rotatable bonds is 7. The maximum Gasteiger partial charge on any atom is 0.188 e. The monoisotopic (exact) mass is 846 g/mol. The van der Waals surface area contributed by atoms with Crippen molar-refractivity contribution in [3.63, 3.8) is 0 Å². The van der Waals surface area contributed by atoms with Gasteiger partial charge in [0.15, 0.2) is 13.6 Å². The minimum Gasteiger partial charge on any atom is -0.467 e. The van der Waals surface area contributed by atoms with Crippen LogP contribution in [0.5, 0.6) is 11.5 Å². The number of hydrogen-bond donors (Lipinski definition) is 0. The van der Waals surface area contributed by atoms with Gasteiger partial charge in [-0.2, -0.15) is 0 Å². The second kappa shape index (κ2) is 22.5. The summed E-state index contributed by atoms with van der Waals surface area (Å²) in [6, 6.07) is 54.1. The fourth-order valence-corrected chi connectivity index (χ4v) is 6.99. The second-order valence-corrected chi connectivity index (χ2v) is 13.0. The number of fused-ring (bicyclic) bond motifs is 4. The molecule has 6 heteroatoms. The molecule has 0 amide bonds. The van der Waals surface area contributed by atoms with E-state index < -0.39 is 0 Å². The summed E-state index contributed by atoms with van der Waals surface area (Å²) in [6.07, 6.45) is 0. The number of para-hydroxylation sites is 2. The number of hydrogen-bond acceptors (Lipinski definition) is 4. The molecule has 0 aromatic heterocycles. The van der Waals surface area contributed by atoms with Gasteiger partial charge in [-0.05, 0) is 105 Å². The van der Waals surface area contributed by atoms with Crippen LogP contribution in [0.2, 0.25) is 0 Å². The van der Waals surface area contributed by atoms with Gasteiger partial charge >= 0.3 is 0 Å². The van der Waals surface area contributed by atoms with E-state index in [1.807, 2.05) is 70.2 Å². The highest BCUT2D eigenvalue weighted by atomic mass is 79.9. The highest BCUT2D eigenvalue weighted by Crippen LogP contribution is 2.40. The smallest absolute Gasteiger partial charge is 0.188 e. The van der Waals surface area contributed by atoms with E-state index in [-0.39, 0.29) is 13.6 Å². The Morgan fingerprint density at radius 3 is 1.22 bits per heavy atom. The second-order valence-electron chi connectivity index (χ2n) is 11.4. The first-order chi connectivity index (χ1) is 26.6. The molecule has 0 aliphatic carbocycles. The minimum atomic E-state index is 0.236. The molecule has 0 aliphatic rings. The lowest BCUT2D eigenvalue weighted by atomic mass is 9.91. The van der Waals surface area contributed by atoms with E-state index >= 15 is 0 Å². The summed E-state index contributed by atoms with van der Waals surface area (Å²) in [5.74, 6) is 1.63. The fraction of sp³-hybridized carbons (Fsp3) is 0.167. The zero-order valence-electron chi connectivity index (χ0n) is 31.8. The maximum atomic E-state index is 5.82. The molecular formula is C48H48Br2O4. The third kappa shape index (κ3) is 10.7. The van der Waals surface area contributed by atoms with Gasteiger partial charge in [0.25, 0.3) is 0 Å². The number of halogens is 2. The van der Waals surface area contributed by atoms with E-state index in [1.54, 1.807) is 14.2 Å². The van der Waals surface area contributed by atoms with Crippen LogP contribution in [0.4, 0.5) is 0 Å². The van der Waals surface area contributed by atoms with Crippen molar-refractivity contribution >= 4 is 74.9 Å². The molecule has 0 fully saturated rings. The lowest BCUT2D eigenvalue weighted by Gasteiger charge is -2.15. The molecule has 0 heterocycles. The summed E-state index contributed by atoms with van der Waals surface area (Å²) in [5, 5.41) is 10.0. The molecule has 8 aromatic rings. The standard InChI is InChI=1S/C22H18O2.C14H9Br.C8H9BrO2.2C2H6/c1-23-15-24-21-13-7-6-12-20(21)22-18-10-4-2-8-16(18)14-17-9-3-5-11-19(17)22;15-14-12-7-3-1-5-10(12)9-11-6-2-4-8-13(11)14;1-10-6-11-8-5-3-2-4-7(8)9;2*1-2/h2-14H,15H2,1H3;1-9H;2-5H,6H2,1H3;2*1-2H3. The van der Waals surface area contributed by atoms with Crippen LogP contribution >= 0.6 is 31.9 Å². The van der Waals surface area contributed by atoms with Gasteiger partial charge < -0.3 is 18.9 Å². The molecule has 0 N–H and O–H groups in total. The van der Waals surface area contributed by atoms with E-state index in [2.05, 4.69) is 147 Å². The van der Waals surface area contributed by atoms with Crippen molar-refractivity contribution in [3.8, 4) is 22.6 Å². The predicted molar refractivity (Wildman–Crippen MR) is 238 cm³/mol. The molecular weight excluding hydrogens is 800 g/mol. The highest BCUT2D eigenvalue weighted by molar-refractivity contribution is 9.11. The average molecular weight is 849 g/mol. The Balaban J connectivity index is 0.000000186. The van der Waals surface area contributed by atoms with Crippen LogP contribution < -0.4 is 9.47 Å². The Bertz CT molecular complexity index is 2250. The Morgan fingerprint density at radius 1 is 0.407 bits per heavy atom. The summed E-state index contributed by atoms with van der Waals surface area (Å²) in [4.78, 5) is 0. The van der Waals surface area contributed by atoms with E-state index in [0.29, 0.717) is 0 Å². The molecule has 0 radical (unpaired) electrons. The highest BCUT2D eigenvalue weighted by Gasteiger charge is 2.13. The number of benzene rings is 8. The summed E-state index contributed by atoms with van der Waals surface area (Å²) in [6.45, 7) is 8.52. The number of methoxy groups -OCH3 is 2. The van der Waals surface area contributed by atoms with Crippen LogP contribution in [0.3, 0.4) is 0 Å². The summed E-state index contributed by atoms with van der Waals surface area (Å²) in [7, 11) is 3.23. The molecule has 0 spiro atoms. The Hall–Kier alpha value is -4.72. The van der Waals surface area contributed by atoms with Gasteiger partial charge in [-0.1, -0.05) is 155 Å². The molecule has 4 nitrogen and oxygen atoms in total. The maximum absolute atomic E-state index is 5.82. The lowest BCUT2D eigenvalue weighted by Crippen LogP contribution is -2.00. The molecule has 8 aromatic carbocycles. The predicted octanol–water partition coefficient (Wildman–Crippen LogP) is 14.9. The molecule has 0 aliphatic heterocycles. The zero-order chi connectivity index (χ0) is 38.7. The van der Waals surface area contributed by atoms with Crippen LogP contribution in [-0.2, 0) is 9.47 Å². The molecule has 278 valence electrons. The summed E-state index contributed by atoms with van der Waals surface area (Å²) >= 11 is 7.03. The van der Waals surface area contributed by atoms with Crippen LogP contribution in [0.1, 0.15) is 27.7 Å². The summed E-state index contributed by atoms with van der Waals surface area (Å²) in [5.41, 5.74) is 2.29. The Kier molecular flexibility index (Phi) is 17.5. The molecule has 8 rings (SSSR count). The van der Waals surface area contributed by atoms with Gasteiger partial charge in [-0.15, -0.1) is 0 Å². The quantitative estimate of drug-likeness (QED) is 0.118. The van der Waals surface area contributed by atoms with Crippen LogP contribution in [0.25, 0.3) is 54.2 Å². The van der Waals surface area contributed by atoms with E-state index in [4.69, 9.17) is 18.9 Å². The zero-order valence-corrected chi connectivity index (χ0v) is 35.0. The Labute approximate surface area is 336 Å².